The normalized spacial score (nSPS) is 18.1. The zero-order valence-corrected chi connectivity index (χ0v) is 12.1. The van der Waals surface area contributed by atoms with E-state index in [1.807, 2.05) is 6.92 Å². The van der Waals surface area contributed by atoms with Gasteiger partial charge in [0.15, 0.2) is 0 Å². The van der Waals surface area contributed by atoms with E-state index in [0.717, 1.165) is 11.3 Å². The number of carbonyl (C=O) groups is 1. The molecule has 21 heavy (non-hydrogen) atoms. The van der Waals surface area contributed by atoms with Crippen LogP contribution in [0.15, 0.2) is 34.9 Å². The Balaban J connectivity index is 2.40. The van der Waals surface area contributed by atoms with E-state index in [0.29, 0.717) is 10.6 Å². The Morgan fingerprint density at radius 2 is 2.14 bits per heavy atom. The van der Waals surface area contributed by atoms with Crippen molar-refractivity contribution in [3.63, 3.8) is 0 Å². The first-order valence-electron chi connectivity index (χ1n) is 6.38. The molecule has 1 heterocycles. The maximum atomic E-state index is 11.8. The van der Waals surface area contributed by atoms with Gasteiger partial charge < -0.3 is 5.32 Å². The van der Waals surface area contributed by atoms with E-state index < -0.39 is 4.92 Å². The first-order chi connectivity index (χ1) is 10.1. The molecule has 0 radical (unpaired) electrons. The zero-order chi connectivity index (χ0) is 15.4. The molecule has 1 N–H and O–H groups in total. The molecule has 0 spiro atoms. The minimum Gasteiger partial charge on any atom is -0.320 e. The van der Waals surface area contributed by atoms with Crippen LogP contribution in [-0.2, 0) is 4.79 Å². The van der Waals surface area contributed by atoms with Crippen molar-refractivity contribution in [2.45, 2.75) is 19.3 Å². The zero-order valence-electron chi connectivity index (χ0n) is 11.3. The first kappa shape index (κ1) is 15.1. The lowest BCUT2D eigenvalue weighted by Gasteiger charge is -2.24. The number of nitrogens with zero attached hydrogens (tertiary/aromatic N) is 2. The quantitative estimate of drug-likeness (QED) is 0.681. The van der Waals surface area contributed by atoms with Crippen LogP contribution in [-0.4, -0.2) is 16.6 Å². The van der Waals surface area contributed by atoms with Crippen LogP contribution in [0.4, 0.5) is 5.69 Å². The highest BCUT2D eigenvalue weighted by Gasteiger charge is 2.29. The molecule has 7 heteroatoms. The summed E-state index contributed by atoms with van der Waals surface area (Å²) < 4.78 is 0. The lowest BCUT2D eigenvalue weighted by Crippen LogP contribution is -2.30. The maximum Gasteiger partial charge on any atom is 0.269 e. The Hall–Kier alpha value is -2.33. The summed E-state index contributed by atoms with van der Waals surface area (Å²) in [4.78, 5) is 22.0. The van der Waals surface area contributed by atoms with E-state index >= 15 is 0 Å². The fourth-order valence-corrected chi connectivity index (χ4v) is 3.01. The van der Waals surface area contributed by atoms with Gasteiger partial charge in [-0.1, -0.05) is 19.1 Å². The predicted octanol–water partition coefficient (Wildman–Crippen LogP) is 2.69. The van der Waals surface area contributed by atoms with Crippen molar-refractivity contribution in [2.75, 3.05) is 5.75 Å². The summed E-state index contributed by atoms with van der Waals surface area (Å²) >= 11 is 1.41. The molecule has 0 bridgehead atoms. The van der Waals surface area contributed by atoms with Gasteiger partial charge in [-0.3, -0.25) is 14.9 Å². The Labute approximate surface area is 126 Å². The third-order valence-corrected chi connectivity index (χ3v) is 4.05. The van der Waals surface area contributed by atoms with E-state index in [2.05, 4.69) is 11.4 Å². The molecule has 108 valence electrons. The predicted molar refractivity (Wildman–Crippen MR) is 79.4 cm³/mol. The van der Waals surface area contributed by atoms with Crippen molar-refractivity contribution >= 4 is 23.4 Å². The summed E-state index contributed by atoms with van der Waals surface area (Å²) in [7, 11) is 0. The molecule has 1 atom stereocenters. The van der Waals surface area contributed by atoms with Gasteiger partial charge in [0, 0.05) is 24.5 Å². The van der Waals surface area contributed by atoms with Crippen LogP contribution in [0.25, 0.3) is 0 Å². The lowest BCUT2D eigenvalue weighted by molar-refractivity contribution is -0.384. The Kier molecular flexibility index (Phi) is 4.60. The summed E-state index contributed by atoms with van der Waals surface area (Å²) in [5.74, 6) is 0.250. The molecule has 0 aromatic heterocycles. The van der Waals surface area contributed by atoms with Crippen molar-refractivity contribution in [1.82, 2.24) is 5.32 Å². The topological polar surface area (TPSA) is 96.0 Å². The van der Waals surface area contributed by atoms with Crippen LogP contribution >= 0.6 is 11.8 Å². The van der Waals surface area contributed by atoms with Gasteiger partial charge in [0.2, 0.25) is 5.91 Å². The molecular weight excluding hydrogens is 290 g/mol. The number of thioether (sulfide) groups is 1. The highest BCUT2D eigenvalue weighted by Crippen LogP contribution is 2.36. The van der Waals surface area contributed by atoms with Gasteiger partial charge in [-0.2, -0.15) is 5.26 Å². The lowest BCUT2D eigenvalue weighted by atomic mass is 9.87. The highest BCUT2D eigenvalue weighted by atomic mass is 32.2. The molecule has 2 rings (SSSR count). The number of rotatable bonds is 4. The fourth-order valence-electron chi connectivity index (χ4n) is 2.19. The third-order valence-electron chi connectivity index (χ3n) is 3.15. The average molecular weight is 303 g/mol. The van der Waals surface area contributed by atoms with Crippen molar-refractivity contribution < 1.29 is 9.72 Å². The standard InChI is InChI=1S/C14H13N3O3S/c1-2-21-14-12(8-15)11(7-13(18)16-14)9-3-5-10(6-4-9)17(19)20/h3-6,11H,2,7H2,1H3,(H,16,18)/t11-/m1/s1. The number of nitrogens with one attached hydrogen (secondary N) is 1. The maximum absolute atomic E-state index is 11.8. The number of amides is 1. The van der Waals surface area contributed by atoms with E-state index in [-0.39, 0.29) is 23.9 Å². The summed E-state index contributed by atoms with van der Waals surface area (Å²) in [6.45, 7) is 1.94. The second-order valence-electron chi connectivity index (χ2n) is 4.44. The van der Waals surface area contributed by atoms with E-state index in [4.69, 9.17) is 0 Å². The number of nitro groups is 1. The van der Waals surface area contributed by atoms with Crippen molar-refractivity contribution in [2.24, 2.45) is 0 Å². The number of nitro benzene ring substituents is 1. The molecule has 0 fully saturated rings. The van der Waals surface area contributed by atoms with Crippen LogP contribution in [0.3, 0.4) is 0 Å². The molecule has 0 aliphatic carbocycles. The second kappa shape index (κ2) is 6.41. The Bertz CT molecular complexity index is 646. The Morgan fingerprint density at radius 3 is 2.67 bits per heavy atom. The molecule has 1 aliphatic heterocycles. The summed E-state index contributed by atoms with van der Waals surface area (Å²) in [5.41, 5.74) is 1.24. The van der Waals surface area contributed by atoms with Gasteiger partial charge in [0.1, 0.15) is 0 Å². The van der Waals surface area contributed by atoms with Gasteiger partial charge in [-0.15, -0.1) is 11.8 Å². The van der Waals surface area contributed by atoms with Gasteiger partial charge in [0.25, 0.3) is 5.69 Å². The van der Waals surface area contributed by atoms with Crippen molar-refractivity contribution in [3.05, 3.63) is 50.5 Å². The number of non-ortho nitro benzene ring substituents is 1. The molecule has 1 aromatic rings. The second-order valence-corrected chi connectivity index (χ2v) is 5.72. The van der Waals surface area contributed by atoms with Crippen LogP contribution in [0.1, 0.15) is 24.8 Å². The van der Waals surface area contributed by atoms with Crippen molar-refractivity contribution in [3.8, 4) is 6.07 Å². The van der Waals surface area contributed by atoms with Gasteiger partial charge >= 0.3 is 0 Å². The molecule has 1 amide bonds. The molecule has 0 saturated carbocycles. The van der Waals surface area contributed by atoms with Gasteiger partial charge in [-0.05, 0) is 11.3 Å². The molecule has 6 nitrogen and oxygen atoms in total. The van der Waals surface area contributed by atoms with Crippen LogP contribution < -0.4 is 5.32 Å². The largest absolute Gasteiger partial charge is 0.320 e. The summed E-state index contributed by atoms with van der Waals surface area (Å²) in [6.07, 6.45) is 0.175. The molecular formula is C14H13N3O3S. The van der Waals surface area contributed by atoms with Gasteiger partial charge in [0.05, 0.1) is 21.6 Å². The minimum atomic E-state index is -0.475. The Morgan fingerprint density at radius 1 is 1.48 bits per heavy atom. The van der Waals surface area contributed by atoms with Crippen LogP contribution in [0.5, 0.6) is 0 Å². The molecule has 1 aromatic carbocycles. The number of hydrogen-bond donors (Lipinski definition) is 1. The van der Waals surface area contributed by atoms with E-state index in [1.54, 1.807) is 12.1 Å². The number of allylic oxidation sites excluding steroid dienone is 1. The van der Waals surface area contributed by atoms with Crippen LogP contribution in [0.2, 0.25) is 0 Å². The average Bonchev–Trinajstić information content (AvgIpc) is 2.47. The molecule has 1 aliphatic rings. The van der Waals surface area contributed by atoms with Crippen LogP contribution in [0, 0.1) is 21.4 Å². The number of nitriles is 1. The summed E-state index contributed by atoms with van der Waals surface area (Å²) in [6, 6.07) is 8.15. The fraction of sp³-hybridized carbons (Fsp3) is 0.286. The minimum absolute atomic E-state index is 0.00958. The third kappa shape index (κ3) is 3.23. The first-order valence-corrected chi connectivity index (χ1v) is 7.36. The molecule has 0 unspecified atom stereocenters. The monoisotopic (exact) mass is 303 g/mol. The van der Waals surface area contributed by atoms with E-state index in [9.17, 15) is 20.2 Å². The number of benzene rings is 1. The van der Waals surface area contributed by atoms with Crippen molar-refractivity contribution in [1.29, 1.82) is 5.26 Å². The smallest absolute Gasteiger partial charge is 0.269 e. The number of carbonyl (C=O) groups excluding carboxylic acids is 1. The number of hydrogen-bond acceptors (Lipinski definition) is 5. The van der Waals surface area contributed by atoms with Gasteiger partial charge in [-0.25, -0.2) is 0 Å². The molecule has 0 saturated heterocycles. The van der Waals surface area contributed by atoms with E-state index in [1.165, 1.54) is 23.9 Å². The highest BCUT2D eigenvalue weighted by molar-refractivity contribution is 8.03. The SMILES string of the molecule is CCSC1=C(C#N)[C@@H](c2ccc([N+](=O)[O-])cc2)CC(=O)N1. The summed E-state index contributed by atoms with van der Waals surface area (Å²) in [5, 5.41) is 23.3.